The Bertz CT molecular complexity index is 1900. The highest BCUT2D eigenvalue weighted by atomic mass is 32.1. The molecule has 0 saturated carbocycles. The Kier molecular flexibility index (Phi) is 8.12. The number of furan rings is 1. The van der Waals surface area contributed by atoms with Gasteiger partial charge >= 0.3 is 11.9 Å². The number of carboxylic acid groups (broad SMARTS) is 1. The maximum absolute atomic E-state index is 13.9. The summed E-state index contributed by atoms with van der Waals surface area (Å²) in [5, 5.41) is 9.31. The van der Waals surface area contributed by atoms with Crippen LogP contribution in [-0.2, 0) is 9.53 Å². The minimum atomic E-state index is -1.04. The molecule has 0 radical (unpaired) electrons. The fourth-order valence-electron chi connectivity index (χ4n) is 4.76. The van der Waals surface area contributed by atoms with Crippen LogP contribution in [0.5, 0.6) is 11.5 Å². The van der Waals surface area contributed by atoms with Gasteiger partial charge in [0.15, 0.2) is 16.3 Å². The molecule has 0 bridgehead atoms. The first-order valence-corrected chi connectivity index (χ1v) is 14.0. The zero-order valence-electron chi connectivity index (χ0n) is 23.4. The van der Waals surface area contributed by atoms with Crippen molar-refractivity contribution in [3.8, 4) is 22.8 Å². The fourth-order valence-corrected chi connectivity index (χ4v) is 5.79. The number of rotatable bonds is 9. The standard InChI is InChI=1S/C31H28N2O8S/c1-5-39-24-15-19(10-12-23(24)38-4)27-26(30(37)40-6-2)17(3)32-31-33(27)28(34)25(42-31)16-21-11-13-22(41-21)18-8-7-9-20(14-18)29(35)36/h7-16,27H,5-6H2,1-4H3,(H,35,36)/b25-16-. The molecule has 0 fully saturated rings. The van der Waals surface area contributed by atoms with Crippen LogP contribution in [-0.4, -0.2) is 41.9 Å². The minimum Gasteiger partial charge on any atom is -0.493 e. The molecule has 42 heavy (non-hydrogen) atoms. The van der Waals surface area contributed by atoms with Crippen LogP contribution in [0, 0.1) is 0 Å². The summed E-state index contributed by atoms with van der Waals surface area (Å²) in [4.78, 5) is 43.5. The minimum absolute atomic E-state index is 0.137. The van der Waals surface area contributed by atoms with E-state index in [0.717, 1.165) is 0 Å². The third kappa shape index (κ3) is 5.38. The van der Waals surface area contributed by atoms with Crippen LogP contribution in [0.1, 0.15) is 48.5 Å². The Morgan fingerprint density at radius 1 is 1.10 bits per heavy atom. The lowest BCUT2D eigenvalue weighted by molar-refractivity contribution is -0.139. The molecule has 2 aromatic carbocycles. The molecule has 1 unspecified atom stereocenters. The molecule has 3 heterocycles. The molecule has 10 nitrogen and oxygen atoms in total. The third-order valence-electron chi connectivity index (χ3n) is 6.61. The van der Waals surface area contributed by atoms with Crippen molar-refractivity contribution in [3.05, 3.63) is 102 Å². The summed E-state index contributed by atoms with van der Waals surface area (Å²) < 4.78 is 24.3. The van der Waals surface area contributed by atoms with Gasteiger partial charge in [0.2, 0.25) is 0 Å². The van der Waals surface area contributed by atoms with Gasteiger partial charge in [0.1, 0.15) is 11.5 Å². The first-order chi connectivity index (χ1) is 20.2. The molecule has 1 aliphatic heterocycles. The average molecular weight is 589 g/mol. The van der Waals surface area contributed by atoms with Crippen LogP contribution in [0.4, 0.5) is 0 Å². The molecular formula is C31H28N2O8S. The summed E-state index contributed by atoms with van der Waals surface area (Å²) in [6.07, 6.45) is 1.61. The number of allylic oxidation sites excluding steroid dienone is 1. The van der Waals surface area contributed by atoms with E-state index in [-0.39, 0.29) is 23.3 Å². The topological polar surface area (TPSA) is 130 Å². The van der Waals surface area contributed by atoms with E-state index in [2.05, 4.69) is 4.99 Å². The number of nitrogens with zero attached hydrogens (tertiary/aromatic N) is 2. The van der Waals surface area contributed by atoms with Crippen LogP contribution in [0.3, 0.4) is 0 Å². The zero-order valence-corrected chi connectivity index (χ0v) is 24.2. The summed E-state index contributed by atoms with van der Waals surface area (Å²) in [5.41, 5.74) is 1.69. The summed E-state index contributed by atoms with van der Waals surface area (Å²) in [5.74, 6) is 0.253. The van der Waals surface area contributed by atoms with Crippen molar-refractivity contribution in [2.24, 2.45) is 4.99 Å². The van der Waals surface area contributed by atoms with Gasteiger partial charge in [-0.25, -0.2) is 14.6 Å². The summed E-state index contributed by atoms with van der Waals surface area (Å²) in [6, 6.07) is 14.3. The quantitative estimate of drug-likeness (QED) is 0.289. The third-order valence-corrected chi connectivity index (χ3v) is 7.60. The van der Waals surface area contributed by atoms with Crippen molar-refractivity contribution in [3.63, 3.8) is 0 Å². The van der Waals surface area contributed by atoms with Crippen LogP contribution < -0.4 is 24.4 Å². The normalized spacial score (nSPS) is 14.8. The Hall–Kier alpha value is -4.90. The van der Waals surface area contributed by atoms with Gasteiger partial charge in [-0.05, 0) is 62.7 Å². The SMILES string of the molecule is CCOC(=O)C1=C(C)N=c2s/c(=C\c3ccc(-c4cccc(C(=O)O)c4)o3)c(=O)n2C1c1ccc(OC)c(OCC)c1. The van der Waals surface area contributed by atoms with Gasteiger partial charge in [0.25, 0.3) is 5.56 Å². The highest BCUT2D eigenvalue weighted by Gasteiger charge is 2.34. The number of esters is 1. The summed E-state index contributed by atoms with van der Waals surface area (Å²) in [7, 11) is 1.54. The number of benzene rings is 2. The molecule has 0 aliphatic carbocycles. The molecule has 11 heteroatoms. The molecule has 1 N–H and O–H groups in total. The molecule has 1 atom stereocenters. The number of ether oxygens (including phenoxy) is 3. The van der Waals surface area contributed by atoms with Crippen LogP contribution in [0.25, 0.3) is 17.4 Å². The molecule has 4 aromatic rings. The van der Waals surface area contributed by atoms with E-state index in [9.17, 15) is 19.5 Å². The average Bonchev–Trinajstić information content (AvgIpc) is 3.56. The van der Waals surface area contributed by atoms with Crippen molar-refractivity contribution < 1.29 is 33.3 Å². The monoisotopic (exact) mass is 588 g/mol. The van der Waals surface area contributed by atoms with Crippen LogP contribution in [0.15, 0.2) is 80.1 Å². The van der Waals surface area contributed by atoms with Gasteiger partial charge in [-0.3, -0.25) is 9.36 Å². The number of thiazole rings is 1. The van der Waals surface area contributed by atoms with E-state index in [1.807, 2.05) is 6.92 Å². The molecule has 0 spiro atoms. The fraction of sp³-hybridized carbons (Fsp3) is 0.226. The molecule has 1 aliphatic rings. The molecule has 216 valence electrons. The number of hydrogen-bond donors (Lipinski definition) is 1. The smallest absolute Gasteiger partial charge is 0.338 e. The Morgan fingerprint density at radius 3 is 2.62 bits per heavy atom. The van der Waals surface area contributed by atoms with Crippen LogP contribution in [0.2, 0.25) is 0 Å². The Labute approximate surface area is 244 Å². The number of carboxylic acids is 1. The van der Waals surface area contributed by atoms with Gasteiger partial charge in [-0.15, -0.1) is 0 Å². The van der Waals surface area contributed by atoms with Gasteiger partial charge in [0, 0.05) is 11.6 Å². The largest absolute Gasteiger partial charge is 0.493 e. The van der Waals surface area contributed by atoms with E-state index in [0.29, 0.717) is 55.8 Å². The Morgan fingerprint density at radius 2 is 1.90 bits per heavy atom. The maximum Gasteiger partial charge on any atom is 0.338 e. The predicted octanol–water partition coefficient (Wildman–Crippen LogP) is 4.16. The predicted molar refractivity (Wildman–Crippen MR) is 156 cm³/mol. The lowest BCUT2D eigenvalue weighted by atomic mass is 9.95. The highest BCUT2D eigenvalue weighted by molar-refractivity contribution is 7.07. The second-order valence-corrected chi connectivity index (χ2v) is 10.2. The number of fused-ring (bicyclic) bond motifs is 1. The number of methoxy groups -OCH3 is 1. The second kappa shape index (κ2) is 11.9. The lowest BCUT2D eigenvalue weighted by Gasteiger charge is -2.25. The van der Waals surface area contributed by atoms with Crippen molar-refractivity contribution in [2.45, 2.75) is 26.8 Å². The molecule has 0 saturated heterocycles. The summed E-state index contributed by atoms with van der Waals surface area (Å²) >= 11 is 1.17. The molecule has 0 amide bonds. The van der Waals surface area contributed by atoms with Gasteiger partial charge < -0.3 is 23.7 Å². The molecule has 5 rings (SSSR count). The molecule has 2 aromatic heterocycles. The highest BCUT2D eigenvalue weighted by Crippen LogP contribution is 2.36. The Balaban J connectivity index is 1.64. The number of aromatic nitrogens is 1. The van der Waals surface area contributed by atoms with Gasteiger partial charge in [-0.2, -0.15) is 0 Å². The van der Waals surface area contributed by atoms with E-state index in [4.69, 9.17) is 18.6 Å². The maximum atomic E-state index is 13.9. The number of carbonyl (C=O) groups excluding carboxylic acids is 1. The molecular weight excluding hydrogens is 560 g/mol. The van der Waals surface area contributed by atoms with E-state index in [1.165, 1.54) is 35.1 Å². The second-order valence-electron chi connectivity index (χ2n) is 9.23. The lowest BCUT2D eigenvalue weighted by Crippen LogP contribution is -2.39. The first-order valence-electron chi connectivity index (χ1n) is 13.2. The van der Waals surface area contributed by atoms with E-state index >= 15 is 0 Å². The van der Waals surface area contributed by atoms with Crippen molar-refractivity contribution in [1.29, 1.82) is 0 Å². The van der Waals surface area contributed by atoms with E-state index in [1.54, 1.807) is 62.4 Å². The van der Waals surface area contributed by atoms with Crippen LogP contribution >= 0.6 is 11.3 Å². The van der Waals surface area contributed by atoms with Gasteiger partial charge in [0.05, 0.1) is 47.7 Å². The zero-order chi connectivity index (χ0) is 30.0. The van der Waals surface area contributed by atoms with Crippen molar-refractivity contribution >= 4 is 29.4 Å². The number of carbonyl (C=O) groups is 2. The van der Waals surface area contributed by atoms with Crippen molar-refractivity contribution in [2.75, 3.05) is 20.3 Å². The van der Waals surface area contributed by atoms with Crippen molar-refractivity contribution in [1.82, 2.24) is 4.57 Å². The summed E-state index contributed by atoms with van der Waals surface area (Å²) in [6.45, 7) is 5.84. The van der Waals surface area contributed by atoms with Gasteiger partial charge in [-0.1, -0.05) is 29.5 Å². The number of aromatic carboxylic acids is 1. The first kappa shape index (κ1) is 28.6. The number of hydrogen-bond acceptors (Lipinski definition) is 9. The van der Waals surface area contributed by atoms with E-state index < -0.39 is 18.0 Å².